The summed E-state index contributed by atoms with van der Waals surface area (Å²) in [6.45, 7) is 2.66. The molecule has 0 saturated heterocycles. The molecule has 0 saturated carbocycles. The molecule has 0 heterocycles. The largest absolute Gasteiger partial charge is 0.505 e. The minimum atomic E-state index is -5.90. The summed E-state index contributed by atoms with van der Waals surface area (Å²) in [5.41, 5.74) is -4.91. The summed E-state index contributed by atoms with van der Waals surface area (Å²) in [5, 5.41) is 19.3. The number of aliphatic hydroxyl groups is 1. The van der Waals surface area contributed by atoms with Crippen LogP contribution in [0.3, 0.4) is 0 Å². The molecule has 0 radical (unpaired) electrons. The monoisotopic (exact) mass is 491 g/mol. The summed E-state index contributed by atoms with van der Waals surface area (Å²) < 4.78 is 78.7. The molecule has 0 bridgehead atoms. The van der Waals surface area contributed by atoms with Crippen molar-refractivity contribution in [3.8, 4) is 5.75 Å². The van der Waals surface area contributed by atoms with Gasteiger partial charge in [-0.1, -0.05) is 42.6 Å². The van der Waals surface area contributed by atoms with E-state index in [1.54, 1.807) is 4.90 Å². The molecule has 1 aliphatic rings. The molecule has 0 unspecified atom stereocenters. The molecule has 1 aromatic rings. The third-order valence-electron chi connectivity index (χ3n) is 5.05. The first-order chi connectivity index (χ1) is 14.2. The van der Waals surface area contributed by atoms with Gasteiger partial charge in [0.1, 0.15) is 0 Å². The van der Waals surface area contributed by atoms with Gasteiger partial charge in [-0.25, -0.2) is 0 Å². The molecule has 3 nitrogen and oxygen atoms in total. The molecule has 2 N–H and O–H groups in total. The minimum absolute atomic E-state index is 0.0261. The molecule has 0 aliphatic heterocycles. The maximum atomic E-state index is 13.1. The second-order valence-corrected chi connectivity index (χ2v) is 8.05. The van der Waals surface area contributed by atoms with Gasteiger partial charge < -0.3 is 15.1 Å². The van der Waals surface area contributed by atoms with Crippen LogP contribution in [0.15, 0.2) is 35.6 Å². The van der Waals surface area contributed by atoms with Gasteiger partial charge in [-0.2, -0.15) is 26.3 Å². The van der Waals surface area contributed by atoms with Crippen molar-refractivity contribution < 1.29 is 36.6 Å². The van der Waals surface area contributed by atoms with E-state index in [1.165, 1.54) is 18.2 Å². The number of benzene rings is 1. The lowest BCUT2D eigenvalue weighted by molar-refractivity contribution is -0.352. The van der Waals surface area contributed by atoms with Gasteiger partial charge in [0.15, 0.2) is 5.75 Å². The molecular weight excluding hydrogens is 471 g/mol. The van der Waals surface area contributed by atoms with E-state index in [0.717, 1.165) is 12.8 Å². The number of unbranched alkanes of at least 4 members (excludes halogenated alkanes) is 1. The van der Waals surface area contributed by atoms with Gasteiger partial charge in [-0.3, -0.25) is 0 Å². The fraction of sp³-hybridized carbons (Fsp3) is 0.500. The van der Waals surface area contributed by atoms with Crippen molar-refractivity contribution in [3.63, 3.8) is 0 Å². The molecule has 0 fully saturated rings. The number of hydrogen-bond donors (Lipinski definition) is 2. The Kier molecular flexibility index (Phi) is 7.87. The molecule has 2 rings (SSSR count). The van der Waals surface area contributed by atoms with Crippen molar-refractivity contribution >= 4 is 23.2 Å². The number of phenols is 1. The van der Waals surface area contributed by atoms with Crippen LogP contribution in [0.25, 0.3) is 0 Å². The third-order valence-corrected chi connectivity index (χ3v) is 5.63. The van der Waals surface area contributed by atoms with Crippen LogP contribution in [0.4, 0.5) is 26.3 Å². The second-order valence-electron chi connectivity index (χ2n) is 7.24. The molecule has 0 aromatic heterocycles. The Morgan fingerprint density at radius 1 is 0.968 bits per heavy atom. The summed E-state index contributed by atoms with van der Waals surface area (Å²) in [7, 11) is 0. The van der Waals surface area contributed by atoms with Crippen LogP contribution in [-0.4, -0.2) is 39.6 Å². The van der Waals surface area contributed by atoms with E-state index >= 15 is 0 Å². The van der Waals surface area contributed by atoms with Crippen molar-refractivity contribution in [3.05, 3.63) is 51.2 Å². The van der Waals surface area contributed by atoms with Crippen LogP contribution in [0.1, 0.15) is 38.2 Å². The SMILES string of the molecule is CCCCN(Cc1cc(Cl)c(O)c(Cl)c1)C1=CC=C(C(O)(C(F)(F)F)C(F)(F)F)CC1. The number of halogens is 8. The third kappa shape index (κ3) is 5.43. The Hall–Kier alpha value is -1.58. The van der Waals surface area contributed by atoms with Gasteiger partial charge in [0.25, 0.3) is 5.60 Å². The van der Waals surface area contributed by atoms with Crippen molar-refractivity contribution in [1.82, 2.24) is 4.90 Å². The van der Waals surface area contributed by atoms with E-state index in [2.05, 4.69) is 0 Å². The highest BCUT2D eigenvalue weighted by Crippen LogP contribution is 2.49. The number of hydrogen-bond acceptors (Lipinski definition) is 3. The summed E-state index contributed by atoms with van der Waals surface area (Å²) >= 11 is 11.9. The summed E-state index contributed by atoms with van der Waals surface area (Å²) in [4.78, 5) is 1.80. The highest BCUT2D eigenvalue weighted by molar-refractivity contribution is 6.37. The Morgan fingerprint density at radius 3 is 1.94 bits per heavy atom. The lowest BCUT2D eigenvalue weighted by atomic mass is 9.85. The van der Waals surface area contributed by atoms with E-state index in [4.69, 9.17) is 23.2 Å². The highest BCUT2D eigenvalue weighted by Gasteiger charge is 2.72. The molecule has 0 atom stereocenters. The average molecular weight is 492 g/mol. The van der Waals surface area contributed by atoms with E-state index < -0.39 is 29.9 Å². The van der Waals surface area contributed by atoms with E-state index in [1.807, 2.05) is 6.92 Å². The summed E-state index contributed by atoms with van der Waals surface area (Å²) in [6, 6.07) is 2.97. The molecular formula is C20H21Cl2F6NO2. The lowest BCUT2D eigenvalue weighted by Gasteiger charge is -2.37. The van der Waals surface area contributed by atoms with Gasteiger partial charge in [-0.15, -0.1) is 0 Å². The topological polar surface area (TPSA) is 43.7 Å². The standard InChI is InChI=1S/C20H21Cl2F6NO2/c1-2-3-8-29(11-12-9-15(21)17(30)16(22)10-12)14-6-4-13(5-7-14)18(31,19(23,24)25)20(26,27)28/h4,6,9-10,30-31H,2-3,5,7-8,11H2,1H3. The number of phenolic OH excluding ortho intramolecular Hbond substituents is 1. The zero-order valence-corrected chi connectivity index (χ0v) is 17.9. The molecule has 0 amide bonds. The Bertz CT molecular complexity index is 827. The molecule has 1 aliphatic carbocycles. The van der Waals surface area contributed by atoms with Crippen LogP contribution < -0.4 is 0 Å². The second kappa shape index (κ2) is 9.50. The quantitative estimate of drug-likeness (QED) is 0.414. The fourth-order valence-corrected chi connectivity index (χ4v) is 3.85. The minimum Gasteiger partial charge on any atom is -0.505 e. The molecule has 31 heavy (non-hydrogen) atoms. The normalized spacial score (nSPS) is 15.5. The number of alkyl halides is 6. The smallest absolute Gasteiger partial charge is 0.430 e. The average Bonchev–Trinajstić information content (AvgIpc) is 2.67. The van der Waals surface area contributed by atoms with Crippen molar-refractivity contribution in [2.75, 3.05) is 6.54 Å². The van der Waals surface area contributed by atoms with Crippen LogP contribution in [0, 0.1) is 0 Å². The van der Waals surface area contributed by atoms with Crippen LogP contribution in [0.5, 0.6) is 5.75 Å². The number of rotatable bonds is 7. The molecule has 174 valence electrons. The lowest BCUT2D eigenvalue weighted by Crippen LogP contribution is -2.58. The van der Waals surface area contributed by atoms with Crippen LogP contribution in [0.2, 0.25) is 10.0 Å². The maximum absolute atomic E-state index is 13.1. The van der Waals surface area contributed by atoms with Crippen LogP contribution >= 0.6 is 23.2 Å². The van der Waals surface area contributed by atoms with E-state index in [9.17, 15) is 36.6 Å². The first-order valence-corrected chi connectivity index (χ1v) is 10.2. The van der Waals surface area contributed by atoms with Gasteiger partial charge in [0.2, 0.25) is 0 Å². The van der Waals surface area contributed by atoms with E-state index in [-0.39, 0.29) is 28.8 Å². The van der Waals surface area contributed by atoms with Gasteiger partial charge in [0.05, 0.1) is 10.0 Å². The molecule has 1 aromatic carbocycles. The van der Waals surface area contributed by atoms with E-state index in [0.29, 0.717) is 23.9 Å². The predicted octanol–water partition coefficient (Wildman–Crippen LogP) is 6.76. The Balaban J connectivity index is 2.37. The van der Waals surface area contributed by atoms with Gasteiger partial charge in [-0.05, 0) is 48.6 Å². The summed E-state index contributed by atoms with van der Waals surface area (Å²) in [6.07, 6.45) is -9.14. The van der Waals surface area contributed by atoms with Crippen LogP contribution in [-0.2, 0) is 6.54 Å². The predicted molar refractivity (Wildman–Crippen MR) is 106 cm³/mol. The zero-order chi connectivity index (χ0) is 23.6. The Labute approximate surface area is 185 Å². The molecule has 0 spiro atoms. The Morgan fingerprint density at radius 2 is 1.52 bits per heavy atom. The first kappa shape index (κ1) is 25.7. The molecule has 11 heteroatoms. The van der Waals surface area contributed by atoms with Crippen molar-refractivity contribution in [1.29, 1.82) is 0 Å². The number of aromatic hydroxyl groups is 1. The maximum Gasteiger partial charge on any atom is 0.430 e. The van der Waals surface area contributed by atoms with Gasteiger partial charge in [0, 0.05) is 18.8 Å². The number of nitrogens with zero attached hydrogens (tertiary/aromatic N) is 1. The van der Waals surface area contributed by atoms with Crippen molar-refractivity contribution in [2.24, 2.45) is 0 Å². The van der Waals surface area contributed by atoms with Gasteiger partial charge >= 0.3 is 12.4 Å². The van der Waals surface area contributed by atoms with Crippen molar-refractivity contribution in [2.45, 2.75) is 57.1 Å². The number of allylic oxidation sites excluding steroid dienone is 3. The first-order valence-electron chi connectivity index (χ1n) is 9.40. The highest BCUT2D eigenvalue weighted by atomic mass is 35.5. The fourth-order valence-electron chi connectivity index (χ4n) is 3.32. The summed E-state index contributed by atoms with van der Waals surface area (Å²) in [5.74, 6) is -0.282. The zero-order valence-electron chi connectivity index (χ0n) is 16.4.